The SMILES string of the molecule is C[C@H](Cc1ccc(F)cc1)O[Si](c1ccccc1)(c1ccccc1)C(C)(C)C.N. The van der Waals surface area contributed by atoms with Crippen molar-refractivity contribution in [1.29, 1.82) is 0 Å². The summed E-state index contributed by atoms with van der Waals surface area (Å²) in [5.74, 6) is -0.204. The molecule has 0 bridgehead atoms. The Kier molecular flexibility index (Phi) is 7.52. The maximum absolute atomic E-state index is 13.3. The molecular weight excluding hydrogens is 377 g/mol. The van der Waals surface area contributed by atoms with E-state index in [1.54, 1.807) is 0 Å². The number of hydrogen-bond acceptors (Lipinski definition) is 2. The summed E-state index contributed by atoms with van der Waals surface area (Å²) in [6.07, 6.45) is 0.766. The Morgan fingerprint density at radius 1 is 0.793 bits per heavy atom. The largest absolute Gasteiger partial charge is 0.404 e. The van der Waals surface area contributed by atoms with Crippen LogP contribution in [0.2, 0.25) is 5.04 Å². The number of hydrogen-bond donors (Lipinski definition) is 1. The summed E-state index contributed by atoms with van der Waals surface area (Å²) in [5, 5.41) is 2.51. The monoisotopic (exact) mass is 409 g/mol. The summed E-state index contributed by atoms with van der Waals surface area (Å²) in [6.45, 7) is 8.97. The second kappa shape index (κ2) is 9.48. The molecule has 3 rings (SSSR count). The van der Waals surface area contributed by atoms with Crippen molar-refractivity contribution >= 4 is 18.7 Å². The Morgan fingerprint density at radius 2 is 1.24 bits per heavy atom. The fraction of sp³-hybridized carbons (Fsp3) is 0.280. The van der Waals surface area contributed by atoms with Gasteiger partial charge in [0.15, 0.2) is 0 Å². The zero-order chi connectivity index (χ0) is 20.2. The van der Waals surface area contributed by atoms with E-state index < -0.39 is 8.32 Å². The molecular formula is C25H32FNOSi. The molecule has 3 aromatic carbocycles. The van der Waals surface area contributed by atoms with Gasteiger partial charge < -0.3 is 10.6 Å². The van der Waals surface area contributed by atoms with Gasteiger partial charge >= 0.3 is 0 Å². The van der Waals surface area contributed by atoms with Crippen LogP contribution >= 0.6 is 0 Å². The smallest absolute Gasteiger partial charge is 0.261 e. The standard InChI is InChI=1S/C25H29FOSi.H3N/c1-20(19-21-15-17-22(26)18-16-21)27-28(25(2,3)4,23-11-7-5-8-12-23)24-13-9-6-10-14-24;/h5-18,20H,19H2,1-4H3;1H3/t20-;/m1./s1. The van der Waals surface area contributed by atoms with Gasteiger partial charge in [0.05, 0.1) is 0 Å². The molecule has 2 nitrogen and oxygen atoms in total. The van der Waals surface area contributed by atoms with E-state index in [0.717, 1.165) is 12.0 Å². The van der Waals surface area contributed by atoms with Gasteiger partial charge in [0, 0.05) is 6.10 Å². The van der Waals surface area contributed by atoms with Crippen molar-refractivity contribution in [3.05, 3.63) is 96.3 Å². The molecule has 29 heavy (non-hydrogen) atoms. The lowest BCUT2D eigenvalue weighted by Gasteiger charge is -2.44. The van der Waals surface area contributed by atoms with Crippen molar-refractivity contribution in [2.45, 2.75) is 45.3 Å². The Labute approximate surface area is 175 Å². The summed E-state index contributed by atoms with van der Waals surface area (Å²) in [4.78, 5) is 0. The van der Waals surface area contributed by atoms with E-state index in [1.807, 2.05) is 12.1 Å². The Hall–Kier alpha value is -2.27. The highest BCUT2D eigenvalue weighted by Crippen LogP contribution is 2.37. The summed E-state index contributed by atoms with van der Waals surface area (Å²) in [6, 6.07) is 28.0. The van der Waals surface area contributed by atoms with Crippen LogP contribution in [0.4, 0.5) is 4.39 Å². The van der Waals surface area contributed by atoms with Crippen molar-refractivity contribution < 1.29 is 8.82 Å². The molecule has 0 heterocycles. The summed E-state index contributed by atoms with van der Waals surface area (Å²) < 4.78 is 20.3. The zero-order valence-electron chi connectivity index (χ0n) is 17.9. The lowest BCUT2D eigenvalue weighted by Crippen LogP contribution is -2.67. The number of rotatable bonds is 6. The summed E-state index contributed by atoms with van der Waals surface area (Å²) >= 11 is 0. The van der Waals surface area contributed by atoms with E-state index >= 15 is 0 Å². The van der Waals surface area contributed by atoms with Gasteiger partial charge in [-0.1, -0.05) is 93.6 Å². The normalized spacial score (nSPS) is 12.9. The van der Waals surface area contributed by atoms with E-state index in [9.17, 15) is 4.39 Å². The fourth-order valence-electron chi connectivity index (χ4n) is 3.99. The topological polar surface area (TPSA) is 44.2 Å². The first kappa shape index (κ1) is 23.0. The molecule has 0 radical (unpaired) electrons. The molecule has 0 aromatic heterocycles. The molecule has 0 unspecified atom stereocenters. The Morgan fingerprint density at radius 3 is 1.66 bits per heavy atom. The van der Waals surface area contributed by atoms with Gasteiger partial charge in [-0.3, -0.25) is 0 Å². The van der Waals surface area contributed by atoms with Gasteiger partial charge in [-0.05, 0) is 46.5 Å². The van der Waals surface area contributed by atoms with Gasteiger partial charge in [0.1, 0.15) is 5.82 Å². The molecule has 0 fully saturated rings. The van der Waals surface area contributed by atoms with Crippen LogP contribution in [0.3, 0.4) is 0 Å². The van der Waals surface area contributed by atoms with Gasteiger partial charge in [-0.25, -0.2) is 4.39 Å². The van der Waals surface area contributed by atoms with Gasteiger partial charge in [0.25, 0.3) is 8.32 Å². The van der Waals surface area contributed by atoms with Crippen LogP contribution in [0.1, 0.15) is 33.3 Å². The molecule has 3 aromatic rings. The first-order valence-corrected chi connectivity index (χ1v) is 11.8. The van der Waals surface area contributed by atoms with E-state index in [0.29, 0.717) is 0 Å². The van der Waals surface area contributed by atoms with Crippen LogP contribution < -0.4 is 16.5 Å². The van der Waals surface area contributed by atoms with Crippen molar-refractivity contribution in [2.75, 3.05) is 0 Å². The predicted molar refractivity (Wildman–Crippen MR) is 123 cm³/mol. The molecule has 0 saturated carbocycles. The van der Waals surface area contributed by atoms with Gasteiger partial charge in [-0.15, -0.1) is 0 Å². The van der Waals surface area contributed by atoms with Crippen LogP contribution in [-0.4, -0.2) is 14.4 Å². The molecule has 1 atom stereocenters. The third-order valence-electron chi connectivity index (χ3n) is 5.23. The Bertz CT molecular complexity index is 837. The first-order valence-electron chi connectivity index (χ1n) is 9.86. The van der Waals surface area contributed by atoms with E-state index in [4.69, 9.17) is 4.43 Å². The molecule has 4 heteroatoms. The van der Waals surface area contributed by atoms with Crippen LogP contribution in [-0.2, 0) is 10.8 Å². The predicted octanol–water partition coefficient (Wildman–Crippen LogP) is 5.50. The molecule has 0 amide bonds. The average Bonchev–Trinajstić information content (AvgIpc) is 2.68. The minimum absolute atomic E-state index is 0. The molecule has 3 N–H and O–H groups in total. The highest BCUT2D eigenvalue weighted by Gasteiger charge is 2.50. The highest BCUT2D eigenvalue weighted by atomic mass is 28.4. The van der Waals surface area contributed by atoms with Crippen LogP contribution in [0.5, 0.6) is 0 Å². The van der Waals surface area contributed by atoms with Gasteiger partial charge in [-0.2, -0.15) is 0 Å². The second-order valence-electron chi connectivity index (χ2n) is 8.42. The van der Waals surface area contributed by atoms with Crippen LogP contribution in [0.15, 0.2) is 84.9 Å². The third kappa shape index (κ3) is 5.02. The molecule has 0 aliphatic carbocycles. The summed E-state index contributed by atoms with van der Waals surface area (Å²) in [7, 11) is -2.55. The van der Waals surface area contributed by atoms with Crippen molar-refractivity contribution in [3.63, 3.8) is 0 Å². The average molecular weight is 410 g/mol. The Balaban J connectivity index is 0.00000300. The fourth-order valence-corrected chi connectivity index (χ4v) is 8.69. The lowest BCUT2D eigenvalue weighted by atomic mass is 10.1. The van der Waals surface area contributed by atoms with E-state index in [1.165, 1.54) is 22.5 Å². The van der Waals surface area contributed by atoms with Crippen LogP contribution in [0.25, 0.3) is 0 Å². The highest BCUT2D eigenvalue weighted by molar-refractivity contribution is 6.99. The van der Waals surface area contributed by atoms with E-state index in [2.05, 4.69) is 88.4 Å². The number of benzene rings is 3. The molecule has 0 saturated heterocycles. The quantitative estimate of drug-likeness (QED) is 0.547. The minimum Gasteiger partial charge on any atom is -0.404 e. The molecule has 0 spiro atoms. The second-order valence-corrected chi connectivity index (χ2v) is 12.7. The summed E-state index contributed by atoms with van der Waals surface area (Å²) in [5.41, 5.74) is 1.09. The third-order valence-corrected chi connectivity index (χ3v) is 10.4. The minimum atomic E-state index is -2.55. The van der Waals surface area contributed by atoms with E-state index in [-0.39, 0.29) is 23.1 Å². The van der Waals surface area contributed by atoms with Crippen molar-refractivity contribution in [1.82, 2.24) is 6.15 Å². The zero-order valence-corrected chi connectivity index (χ0v) is 18.9. The van der Waals surface area contributed by atoms with Crippen molar-refractivity contribution in [3.8, 4) is 0 Å². The van der Waals surface area contributed by atoms with Crippen LogP contribution in [0, 0.1) is 5.82 Å². The lowest BCUT2D eigenvalue weighted by molar-refractivity contribution is 0.207. The van der Waals surface area contributed by atoms with Crippen molar-refractivity contribution in [2.24, 2.45) is 0 Å². The molecule has 154 valence electrons. The maximum atomic E-state index is 13.3. The molecule has 0 aliphatic rings. The van der Waals surface area contributed by atoms with Gasteiger partial charge in [0.2, 0.25) is 0 Å². The number of halogens is 1. The maximum Gasteiger partial charge on any atom is 0.261 e. The molecule has 0 aliphatic heterocycles. The first-order chi connectivity index (χ1) is 13.3.